The molecule has 0 aliphatic heterocycles. The average Bonchev–Trinajstić information content (AvgIpc) is 2.60. The maximum atomic E-state index is 11.7. The number of amides is 1. The number of hydrogen-bond acceptors (Lipinski definition) is 1. The summed E-state index contributed by atoms with van der Waals surface area (Å²) in [5.74, 6) is -0.0376. The van der Waals surface area contributed by atoms with Crippen molar-refractivity contribution in [3.63, 3.8) is 0 Å². The zero-order chi connectivity index (χ0) is 11.3. The molecule has 0 aliphatic carbocycles. The van der Waals surface area contributed by atoms with E-state index >= 15 is 0 Å². The number of carbonyl (C=O) groups is 1. The number of aryl methyl sites for hydroxylation is 1. The highest BCUT2D eigenvalue weighted by molar-refractivity contribution is 9.10. The molecule has 3 nitrogen and oxygen atoms in total. The van der Waals surface area contributed by atoms with Gasteiger partial charge in [-0.15, -0.1) is 6.58 Å². The number of carbonyl (C=O) groups excluding carboxylic acids is 1. The van der Waals surface area contributed by atoms with Crippen molar-refractivity contribution < 1.29 is 4.79 Å². The van der Waals surface area contributed by atoms with Crippen LogP contribution in [0.3, 0.4) is 0 Å². The van der Waals surface area contributed by atoms with E-state index in [1.807, 2.05) is 23.8 Å². The Bertz CT molecular complexity index is 357. The van der Waals surface area contributed by atoms with E-state index in [0.717, 1.165) is 17.4 Å². The molecule has 0 fully saturated rings. The fourth-order valence-corrected chi connectivity index (χ4v) is 1.77. The van der Waals surface area contributed by atoms with Crippen LogP contribution in [-0.4, -0.2) is 17.0 Å². The molecule has 0 aliphatic rings. The fourth-order valence-electron chi connectivity index (χ4n) is 1.31. The van der Waals surface area contributed by atoms with E-state index in [0.29, 0.717) is 12.2 Å². The van der Waals surface area contributed by atoms with Gasteiger partial charge in [-0.25, -0.2) is 0 Å². The minimum absolute atomic E-state index is 0.0376. The Labute approximate surface area is 98.3 Å². The first-order valence-electron chi connectivity index (χ1n) is 4.93. The van der Waals surface area contributed by atoms with Crippen LogP contribution in [0.5, 0.6) is 0 Å². The van der Waals surface area contributed by atoms with Crippen molar-refractivity contribution in [2.75, 3.05) is 6.54 Å². The fraction of sp³-hybridized carbons (Fsp3) is 0.364. The number of halogens is 1. The Kier molecular flexibility index (Phi) is 4.62. The molecule has 1 heterocycles. The molecule has 1 N–H and O–H groups in total. The Balaban J connectivity index is 2.67. The van der Waals surface area contributed by atoms with Gasteiger partial charge in [-0.1, -0.05) is 6.08 Å². The molecule has 0 atom stereocenters. The second-order valence-corrected chi connectivity index (χ2v) is 4.08. The van der Waals surface area contributed by atoms with Crippen molar-refractivity contribution in [3.05, 3.63) is 35.1 Å². The van der Waals surface area contributed by atoms with E-state index < -0.39 is 0 Å². The number of rotatable bonds is 5. The van der Waals surface area contributed by atoms with Crippen molar-refractivity contribution in [1.82, 2.24) is 9.88 Å². The molecule has 82 valence electrons. The van der Waals surface area contributed by atoms with Gasteiger partial charge in [-0.3, -0.25) is 4.79 Å². The van der Waals surface area contributed by atoms with Crippen LogP contribution in [0.4, 0.5) is 0 Å². The second kappa shape index (κ2) is 5.75. The first-order chi connectivity index (χ1) is 7.19. The minimum Gasteiger partial charge on any atom is -0.350 e. The van der Waals surface area contributed by atoms with Gasteiger partial charge in [-0.05, 0) is 35.3 Å². The summed E-state index contributed by atoms with van der Waals surface area (Å²) in [4.78, 5) is 11.7. The second-order valence-electron chi connectivity index (χ2n) is 3.16. The van der Waals surface area contributed by atoms with Crippen molar-refractivity contribution in [2.45, 2.75) is 19.9 Å². The quantitative estimate of drug-likeness (QED) is 0.648. The van der Waals surface area contributed by atoms with Gasteiger partial charge in [0.15, 0.2) is 0 Å². The van der Waals surface area contributed by atoms with E-state index in [1.165, 1.54) is 0 Å². The first kappa shape index (κ1) is 12.0. The number of nitrogens with one attached hydrogen (secondary N) is 1. The van der Waals surface area contributed by atoms with E-state index in [9.17, 15) is 4.79 Å². The van der Waals surface area contributed by atoms with Crippen molar-refractivity contribution in [2.24, 2.45) is 0 Å². The predicted octanol–water partition coefficient (Wildman–Crippen LogP) is 2.58. The highest BCUT2D eigenvalue weighted by Crippen LogP contribution is 2.14. The van der Waals surface area contributed by atoms with E-state index in [4.69, 9.17) is 0 Å². The van der Waals surface area contributed by atoms with Gasteiger partial charge in [0.1, 0.15) is 5.69 Å². The molecule has 0 saturated carbocycles. The summed E-state index contributed by atoms with van der Waals surface area (Å²) in [7, 11) is 0. The molecule has 1 aromatic rings. The Morgan fingerprint density at radius 2 is 2.47 bits per heavy atom. The molecule has 0 bridgehead atoms. The Morgan fingerprint density at radius 1 is 1.73 bits per heavy atom. The standard InChI is InChI=1S/C11H15BrN2O/c1-3-5-6-13-11(15)10-7-9(12)8-14(10)4-2/h3,7-8H,1,4-6H2,2H3,(H,13,15). The predicted molar refractivity (Wildman–Crippen MR) is 65.0 cm³/mol. The monoisotopic (exact) mass is 270 g/mol. The molecule has 0 saturated heterocycles. The molecule has 0 unspecified atom stereocenters. The maximum absolute atomic E-state index is 11.7. The van der Waals surface area contributed by atoms with Crippen molar-refractivity contribution in [1.29, 1.82) is 0 Å². The molecule has 1 rings (SSSR count). The smallest absolute Gasteiger partial charge is 0.267 e. The van der Waals surface area contributed by atoms with Gasteiger partial charge in [-0.2, -0.15) is 0 Å². The van der Waals surface area contributed by atoms with E-state index in [-0.39, 0.29) is 5.91 Å². The molecule has 4 heteroatoms. The molecule has 0 aromatic carbocycles. The zero-order valence-electron chi connectivity index (χ0n) is 8.79. The van der Waals surface area contributed by atoms with Gasteiger partial charge in [0.05, 0.1) is 0 Å². The Hall–Kier alpha value is -1.03. The third kappa shape index (κ3) is 3.23. The SMILES string of the molecule is C=CCCNC(=O)c1cc(Br)cn1CC. The molecular weight excluding hydrogens is 256 g/mol. The summed E-state index contributed by atoms with van der Waals surface area (Å²) >= 11 is 3.36. The number of aromatic nitrogens is 1. The molecule has 1 aromatic heterocycles. The van der Waals surface area contributed by atoms with Crippen LogP contribution in [0.25, 0.3) is 0 Å². The number of nitrogens with zero attached hydrogens (tertiary/aromatic N) is 1. The van der Waals surface area contributed by atoms with E-state index in [2.05, 4.69) is 27.8 Å². The first-order valence-corrected chi connectivity index (χ1v) is 5.73. The molecular formula is C11H15BrN2O. The van der Waals surface area contributed by atoms with Gasteiger partial charge in [0, 0.05) is 23.8 Å². The largest absolute Gasteiger partial charge is 0.350 e. The lowest BCUT2D eigenvalue weighted by Crippen LogP contribution is -2.26. The van der Waals surface area contributed by atoms with Crippen LogP contribution in [0.1, 0.15) is 23.8 Å². The third-order valence-electron chi connectivity index (χ3n) is 2.07. The highest BCUT2D eigenvalue weighted by atomic mass is 79.9. The minimum atomic E-state index is -0.0376. The molecule has 15 heavy (non-hydrogen) atoms. The van der Waals surface area contributed by atoms with Gasteiger partial charge in [0.25, 0.3) is 5.91 Å². The normalized spacial score (nSPS) is 10.0. The summed E-state index contributed by atoms with van der Waals surface area (Å²) in [5, 5.41) is 2.84. The van der Waals surface area contributed by atoms with Crippen LogP contribution in [0, 0.1) is 0 Å². The topological polar surface area (TPSA) is 34.0 Å². The van der Waals surface area contributed by atoms with Gasteiger partial charge >= 0.3 is 0 Å². The maximum Gasteiger partial charge on any atom is 0.267 e. The van der Waals surface area contributed by atoms with Crippen LogP contribution >= 0.6 is 15.9 Å². The van der Waals surface area contributed by atoms with Crippen LogP contribution in [0.2, 0.25) is 0 Å². The molecule has 1 amide bonds. The highest BCUT2D eigenvalue weighted by Gasteiger charge is 2.10. The lowest BCUT2D eigenvalue weighted by atomic mass is 10.3. The summed E-state index contributed by atoms with van der Waals surface area (Å²) < 4.78 is 2.84. The zero-order valence-corrected chi connectivity index (χ0v) is 10.4. The van der Waals surface area contributed by atoms with Crippen molar-refractivity contribution in [3.8, 4) is 0 Å². The molecule has 0 radical (unpaired) electrons. The summed E-state index contributed by atoms with van der Waals surface area (Å²) in [6.45, 7) is 7.03. The summed E-state index contributed by atoms with van der Waals surface area (Å²) in [6, 6.07) is 1.83. The Morgan fingerprint density at radius 3 is 3.07 bits per heavy atom. The van der Waals surface area contributed by atoms with Gasteiger partial charge < -0.3 is 9.88 Å². The summed E-state index contributed by atoms with van der Waals surface area (Å²) in [6.07, 6.45) is 4.48. The number of hydrogen-bond donors (Lipinski definition) is 1. The van der Waals surface area contributed by atoms with Crippen LogP contribution in [0.15, 0.2) is 29.4 Å². The lowest BCUT2D eigenvalue weighted by molar-refractivity contribution is 0.0945. The van der Waals surface area contributed by atoms with Crippen LogP contribution < -0.4 is 5.32 Å². The lowest BCUT2D eigenvalue weighted by Gasteiger charge is -2.06. The average molecular weight is 271 g/mol. The van der Waals surface area contributed by atoms with E-state index in [1.54, 1.807) is 6.08 Å². The third-order valence-corrected chi connectivity index (χ3v) is 2.50. The van der Waals surface area contributed by atoms with Crippen LogP contribution in [-0.2, 0) is 6.54 Å². The van der Waals surface area contributed by atoms with Crippen molar-refractivity contribution >= 4 is 21.8 Å². The van der Waals surface area contributed by atoms with Gasteiger partial charge in [0.2, 0.25) is 0 Å². The molecule has 0 spiro atoms. The summed E-state index contributed by atoms with van der Waals surface area (Å²) in [5.41, 5.74) is 0.688.